The van der Waals surface area contributed by atoms with Crippen LogP contribution in [0.3, 0.4) is 0 Å². The van der Waals surface area contributed by atoms with Gasteiger partial charge in [-0.3, -0.25) is 0 Å². The van der Waals surface area contributed by atoms with Gasteiger partial charge in [0.1, 0.15) is 17.3 Å². The second kappa shape index (κ2) is 5.59. The van der Waals surface area contributed by atoms with Gasteiger partial charge >= 0.3 is 0 Å². The van der Waals surface area contributed by atoms with Crippen LogP contribution >= 0.6 is 23.2 Å². The topological polar surface area (TPSA) is 9.23 Å². The van der Waals surface area contributed by atoms with E-state index in [0.717, 1.165) is 5.56 Å². The number of hydrogen-bond acceptors (Lipinski definition) is 1. The van der Waals surface area contributed by atoms with Crippen LogP contribution in [-0.2, 0) is 5.88 Å². The fourth-order valence-corrected chi connectivity index (χ4v) is 1.92. The first-order valence-corrected chi connectivity index (χ1v) is 6.30. The minimum atomic E-state index is -0.258. The van der Waals surface area contributed by atoms with Crippen molar-refractivity contribution >= 4 is 23.2 Å². The van der Waals surface area contributed by atoms with Crippen LogP contribution in [0.2, 0.25) is 5.02 Å². The molecule has 0 aromatic heterocycles. The molecule has 0 radical (unpaired) electrons. The summed E-state index contributed by atoms with van der Waals surface area (Å²) in [6.45, 7) is 1.68. The molecule has 4 heteroatoms. The summed E-state index contributed by atoms with van der Waals surface area (Å²) in [5.74, 6) is 1.21. The molecule has 0 heterocycles. The van der Waals surface area contributed by atoms with E-state index in [-0.39, 0.29) is 5.82 Å². The SMILES string of the molecule is Cc1cc(Oc2cc(Cl)ccc2CCl)ccc1F. The van der Waals surface area contributed by atoms with Crippen molar-refractivity contribution in [1.29, 1.82) is 0 Å². The summed E-state index contributed by atoms with van der Waals surface area (Å²) in [6.07, 6.45) is 0. The second-order valence-electron chi connectivity index (χ2n) is 3.90. The number of halogens is 3. The number of rotatable bonds is 3. The molecule has 0 unspecified atom stereocenters. The average molecular weight is 285 g/mol. The molecule has 0 bridgehead atoms. The van der Waals surface area contributed by atoms with Gasteiger partial charge in [0.15, 0.2) is 0 Å². The van der Waals surface area contributed by atoms with E-state index < -0.39 is 0 Å². The normalized spacial score (nSPS) is 10.4. The molecule has 0 atom stereocenters. The highest BCUT2D eigenvalue weighted by molar-refractivity contribution is 6.30. The molecule has 0 N–H and O–H groups in total. The van der Waals surface area contributed by atoms with Gasteiger partial charge in [0.05, 0.1) is 5.88 Å². The highest BCUT2D eigenvalue weighted by Gasteiger charge is 2.06. The van der Waals surface area contributed by atoms with Crippen LogP contribution in [0.15, 0.2) is 36.4 Å². The number of ether oxygens (including phenoxy) is 1. The van der Waals surface area contributed by atoms with Crippen molar-refractivity contribution < 1.29 is 9.13 Å². The highest BCUT2D eigenvalue weighted by atomic mass is 35.5. The predicted molar refractivity (Wildman–Crippen MR) is 72.2 cm³/mol. The van der Waals surface area contributed by atoms with E-state index in [2.05, 4.69) is 0 Å². The lowest BCUT2D eigenvalue weighted by Gasteiger charge is -2.10. The Kier molecular flexibility index (Phi) is 4.10. The number of aryl methyl sites for hydroxylation is 1. The Morgan fingerprint density at radius 2 is 1.94 bits per heavy atom. The first-order chi connectivity index (χ1) is 8.60. The van der Waals surface area contributed by atoms with Gasteiger partial charge in [0.2, 0.25) is 0 Å². The molecule has 0 amide bonds. The number of hydrogen-bond donors (Lipinski definition) is 0. The van der Waals surface area contributed by atoms with Gasteiger partial charge in [-0.05, 0) is 42.8 Å². The summed E-state index contributed by atoms with van der Waals surface area (Å²) in [5, 5.41) is 0.567. The van der Waals surface area contributed by atoms with Crippen molar-refractivity contribution in [1.82, 2.24) is 0 Å². The Balaban J connectivity index is 2.33. The molecule has 0 aliphatic rings. The van der Waals surface area contributed by atoms with Crippen LogP contribution in [0.25, 0.3) is 0 Å². The summed E-state index contributed by atoms with van der Waals surface area (Å²) in [4.78, 5) is 0. The number of benzene rings is 2. The van der Waals surface area contributed by atoms with Crippen molar-refractivity contribution in [3.63, 3.8) is 0 Å². The molecule has 0 saturated heterocycles. The minimum Gasteiger partial charge on any atom is -0.457 e. The first kappa shape index (κ1) is 13.2. The maximum absolute atomic E-state index is 13.1. The Morgan fingerprint density at radius 1 is 1.17 bits per heavy atom. The van der Waals surface area contributed by atoms with E-state index in [1.54, 1.807) is 37.3 Å². The minimum absolute atomic E-state index is 0.258. The van der Waals surface area contributed by atoms with Crippen molar-refractivity contribution in [2.24, 2.45) is 0 Å². The molecular weight excluding hydrogens is 274 g/mol. The third-order valence-corrected chi connectivity index (χ3v) is 3.05. The molecule has 2 rings (SSSR count). The number of alkyl halides is 1. The Hall–Kier alpha value is -1.25. The quantitative estimate of drug-likeness (QED) is 0.693. The molecule has 2 aromatic carbocycles. The fraction of sp³-hybridized carbons (Fsp3) is 0.143. The maximum Gasteiger partial charge on any atom is 0.133 e. The van der Waals surface area contributed by atoms with Crippen molar-refractivity contribution in [2.45, 2.75) is 12.8 Å². The summed E-state index contributed by atoms with van der Waals surface area (Å²) < 4.78 is 18.8. The molecule has 0 saturated carbocycles. The Morgan fingerprint density at radius 3 is 2.61 bits per heavy atom. The molecule has 18 heavy (non-hydrogen) atoms. The summed E-state index contributed by atoms with van der Waals surface area (Å²) >= 11 is 11.7. The third-order valence-electron chi connectivity index (χ3n) is 2.53. The first-order valence-electron chi connectivity index (χ1n) is 5.38. The van der Waals surface area contributed by atoms with E-state index in [1.165, 1.54) is 6.07 Å². The molecule has 0 spiro atoms. The van der Waals surface area contributed by atoms with Crippen LogP contribution in [0.4, 0.5) is 4.39 Å². The zero-order valence-electron chi connectivity index (χ0n) is 9.71. The smallest absolute Gasteiger partial charge is 0.133 e. The largest absolute Gasteiger partial charge is 0.457 e. The van der Waals surface area contributed by atoms with Gasteiger partial charge in [-0.2, -0.15) is 0 Å². The third kappa shape index (κ3) is 2.95. The monoisotopic (exact) mass is 284 g/mol. The van der Waals surface area contributed by atoms with E-state index >= 15 is 0 Å². The molecular formula is C14H11Cl2FO. The zero-order valence-corrected chi connectivity index (χ0v) is 11.2. The van der Waals surface area contributed by atoms with E-state index in [9.17, 15) is 4.39 Å². The van der Waals surface area contributed by atoms with Gasteiger partial charge in [0.25, 0.3) is 0 Å². The Bertz CT molecular complexity index is 570. The predicted octanol–water partition coefficient (Wildman–Crippen LogP) is 5.32. The summed E-state index contributed by atoms with van der Waals surface area (Å²) in [6, 6.07) is 9.83. The van der Waals surface area contributed by atoms with Crippen LogP contribution in [0, 0.1) is 12.7 Å². The summed E-state index contributed by atoms with van der Waals surface area (Å²) in [7, 11) is 0. The molecule has 2 aromatic rings. The molecule has 0 aliphatic carbocycles. The molecule has 1 nitrogen and oxygen atoms in total. The molecule has 94 valence electrons. The van der Waals surface area contributed by atoms with Crippen LogP contribution in [0.5, 0.6) is 11.5 Å². The van der Waals surface area contributed by atoms with Crippen LogP contribution < -0.4 is 4.74 Å². The van der Waals surface area contributed by atoms with Gasteiger partial charge in [-0.25, -0.2) is 4.39 Å². The second-order valence-corrected chi connectivity index (χ2v) is 4.60. The maximum atomic E-state index is 13.1. The highest BCUT2D eigenvalue weighted by Crippen LogP contribution is 2.30. The van der Waals surface area contributed by atoms with E-state index in [4.69, 9.17) is 27.9 Å². The van der Waals surface area contributed by atoms with Crippen molar-refractivity contribution in [3.05, 3.63) is 58.4 Å². The van der Waals surface area contributed by atoms with Gasteiger partial charge < -0.3 is 4.74 Å². The van der Waals surface area contributed by atoms with Crippen molar-refractivity contribution in [2.75, 3.05) is 0 Å². The van der Waals surface area contributed by atoms with Gasteiger partial charge in [0, 0.05) is 10.6 Å². The standard InChI is InChI=1S/C14H11Cl2FO/c1-9-6-12(4-5-13(9)17)18-14-7-11(16)3-2-10(14)8-15/h2-7H,8H2,1H3. The zero-order chi connectivity index (χ0) is 13.1. The lowest BCUT2D eigenvalue weighted by atomic mass is 10.2. The lowest BCUT2D eigenvalue weighted by Crippen LogP contribution is -1.91. The molecule has 0 aliphatic heterocycles. The lowest BCUT2D eigenvalue weighted by molar-refractivity contribution is 0.475. The van der Waals surface area contributed by atoms with Crippen LogP contribution in [-0.4, -0.2) is 0 Å². The Labute approximate surface area is 115 Å². The van der Waals surface area contributed by atoms with Gasteiger partial charge in [-0.1, -0.05) is 17.7 Å². The summed E-state index contributed by atoms with van der Waals surface area (Å²) in [5.41, 5.74) is 1.37. The van der Waals surface area contributed by atoms with E-state index in [0.29, 0.717) is 28.0 Å². The van der Waals surface area contributed by atoms with Crippen molar-refractivity contribution in [3.8, 4) is 11.5 Å². The van der Waals surface area contributed by atoms with Gasteiger partial charge in [-0.15, -0.1) is 11.6 Å². The van der Waals surface area contributed by atoms with E-state index in [1.807, 2.05) is 0 Å². The average Bonchev–Trinajstić information content (AvgIpc) is 2.34. The molecule has 0 fully saturated rings. The fourth-order valence-electron chi connectivity index (χ4n) is 1.54. The van der Waals surface area contributed by atoms with Crippen LogP contribution in [0.1, 0.15) is 11.1 Å².